The minimum Gasteiger partial charge on any atom is -0.495 e. The fraction of sp³-hybridized carbons (Fsp3) is 0.136. The van der Waals surface area contributed by atoms with E-state index in [-0.39, 0.29) is 6.54 Å². The average Bonchev–Trinajstić information content (AvgIpc) is 3.27. The summed E-state index contributed by atoms with van der Waals surface area (Å²) >= 11 is 7.23. The number of benzene rings is 2. The maximum atomic E-state index is 13.4. The van der Waals surface area contributed by atoms with Crippen molar-refractivity contribution < 1.29 is 14.3 Å². The molecule has 32 heavy (non-hydrogen) atoms. The van der Waals surface area contributed by atoms with E-state index in [9.17, 15) is 14.4 Å². The van der Waals surface area contributed by atoms with Gasteiger partial charge in [0.15, 0.2) is 0 Å². The number of carbonyl (C=O) groups is 1. The minimum atomic E-state index is -0.654. The summed E-state index contributed by atoms with van der Waals surface area (Å²) in [5.74, 6) is 0.308. The Balaban J connectivity index is 1.81. The average molecular weight is 472 g/mol. The van der Waals surface area contributed by atoms with Crippen molar-refractivity contribution in [3.05, 3.63) is 79.8 Å². The summed E-state index contributed by atoms with van der Waals surface area (Å²) in [7, 11) is 2.93. The van der Waals surface area contributed by atoms with Crippen LogP contribution in [-0.2, 0) is 11.3 Å². The molecule has 0 radical (unpaired) electrons. The minimum absolute atomic E-state index is 0.297. The molecule has 0 aliphatic heterocycles. The summed E-state index contributed by atoms with van der Waals surface area (Å²) in [6.45, 7) is -0.322. The second kappa shape index (κ2) is 8.89. The zero-order chi connectivity index (χ0) is 22.8. The summed E-state index contributed by atoms with van der Waals surface area (Å²) in [4.78, 5) is 39.3. The van der Waals surface area contributed by atoms with E-state index in [2.05, 4.69) is 5.32 Å². The molecule has 0 saturated carbocycles. The van der Waals surface area contributed by atoms with Gasteiger partial charge in [0.05, 0.1) is 31.1 Å². The number of nitrogens with one attached hydrogen (secondary N) is 1. The van der Waals surface area contributed by atoms with Crippen molar-refractivity contribution in [2.75, 3.05) is 19.5 Å². The normalized spacial score (nSPS) is 10.8. The zero-order valence-corrected chi connectivity index (χ0v) is 18.7. The third-order valence-corrected chi connectivity index (χ3v) is 5.94. The summed E-state index contributed by atoms with van der Waals surface area (Å²) < 4.78 is 13.2. The molecule has 0 spiro atoms. The standard InChI is InChI=1S/C22H18ClN3O5S/c1-30-17-8-7-13(23)11-14(17)24-19(27)12-25-16-9-10-32-20(16)21(28)26(22(25)29)15-5-3-4-6-18(15)31-2/h3-11H,12H2,1-2H3,(H,24,27). The first-order valence-corrected chi connectivity index (χ1v) is 10.7. The first-order chi connectivity index (χ1) is 15.4. The molecule has 1 amide bonds. The van der Waals surface area contributed by atoms with Crippen molar-refractivity contribution in [3.63, 3.8) is 0 Å². The molecule has 164 valence electrons. The number of amides is 1. The largest absolute Gasteiger partial charge is 0.495 e. The number of rotatable bonds is 6. The van der Waals surface area contributed by atoms with Gasteiger partial charge in [-0.1, -0.05) is 23.7 Å². The van der Waals surface area contributed by atoms with Gasteiger partial charge in [-0.2, -0.15) is 0 Å². The molecule has 0 aliphatic carbocycles. The Kier molecular flexibility index (Phi) is 6.02. The molecule has 4 rings (SSSR count). The number of fused-ring (bicyclic) bond motifs is 1. The lowest BCUT2D eigenvalue weighted by Gasteiger charge is -2.15. The van der Waals surface area contributed by atoms with Gasteiger partial charge in [0.2, 0.25) is 5.91 Å². The van der Waals surface area contributed by atoms with Crippen molar-refractivity contribution in [2.45, 2.75) is 6.54 Å². The van der Waals surface area contributed by atoms with Crippen LogP contribution in [0.25, 0.3) is 15.9 Å². The fourth-order valence-electron chi connectivity index (χ4n) is 3.38. The van der Waals surface area contributed by atoms with Gasteiger partial charge in [-0.3, -0.25) is 14.2 Å². The Morgan fingerprint density at radius 1 is 1.06 bits per heavy atom. The van der Waals surface area contributed by atoms with E-state index in [1.54, 1.807) is 53.9 Å². The molecule has 0 bridgehead atoms. The molecule has 0 atom stereocenters. The van der Waals surface area contributed by atoms with Crippen LogP contribution in [0.3, 0.4) is 0 Å². The maximum absolute atomic E-state index is 13.4. The molecule has 0 unspecified atom stereocenters. The molecule has 1 N–H and O–H groups in total. The van der Waals surface area contributed by atoms with E-state index >= 15 is 0 Å². The van der Waals surface area contributed by atoms with Crippen molar-refractivity contribution in [1.29, 1.82) is 0 Å². The number of methoxy groups -OCH3 is 2. The summed E-state index contributed by atoms with van der Waals surface area (Å²) in [5.41, 5.74) is -0.0794. The molecular weight excluding hydrogens is 454 g/mol. The molecule has 2 aromatic heterocycles. The van der Waals surface area contributed by atoms with Gasteiger partial charge in [0, 0.05) is 5.02 Å². The maximum Gasteiger partial charge on any atom is 0.336 e. The summed E-state index contributed by atoms with van der Waals surface area (Å²) in [6.07, 6.45) is 0. The van der Waals surface area contributed by atoms with Crippen molar-refractivity contribution in [3.8, 4) is 17.2 Å². The molecule has 4 aromatic rings. The topological polar surface area (TPSA) is 91.6 Å². The molecular formula is C22H18ClN3O5S. The molecule has 0 saturated heterocycles. The lowest BCUT2D eigenvalue weighted by molar-refractivity contribution is -0.116. The first-order valence-electron chi connectivity index (χ1n) is 9.44. The van der Waals surface area contributed by atoms with Crippen molar-refractivity contribution in [1.82, 2.24) is 9.13 Å². The lowest BCUT2D eigenvalue weighted by Crippen LogP contribution is -2.40. The molecule has 2 aromatic carbocycles. The van der Waals surface area contributed by atoms with Crippen LogP contribution >= 0.6 is 22.9 Å². The Morgan fingerprint density at radius 2 is 1.81 bits per heavy atom. The van der Waals surface area contributed by atoms with Crippen molar-refractivity contribution >= 4 is 44.7 Å². The summed E-state index contributed by atoms with van der Waals surface area (Å²) in [5, 5.41) is 4.84. The zero-order valence-electron chi connectivity index (χ0n) is 17.1. The van der Waals surface area contributed by atoms with Crippen LogP contribution in [-0.4, -0.2) is 29.3 Å². The molecule has 0 aliphatic rings. The van der Waals surface area contributed by atoms with Gasteiger partial charge in [0.25, 0.3) is 5.56 Å². The van der Waals surface area contributed by atoms with Gasteiger partial charge < -0.3 is 14.8 Å². The number of para-hydroxylation sites is 2. The molecule has 8 nitrogen and oxygen atoms in total. The van der Waals surface area contributed by atoms with E-state index in [4.69, 9.17) is 21.1 Å². The van der Waals surface area contributed by atoms with Gasteiger partial charge in [-0.05, 0) is 41.8 Å². The Bertz CT molecular complexity index is 1440. The quantitative estimate of drug-likeness (QED) is 0.464. The second-order valence-corrected chi connectivity index (χ2v) is 8.06. The summed E-state index contributed by atoms with van der Waals surface area (Å²) in [6, 6.07) is 13.2. The lowest BCUT2D eigenvalue weighted by atomic mass is 10.2. The first kappa shape index (κ1) is 21.7. The van der Waals surface area contributed by atoms with Crippen LogP contribution in [0.2, 0.25) is 5.02 Å². The van der Waals surface area contributed by atoms with E-state index in [1.807, 2.05) is 0 Å². The Hall–Kier alpha value is -3.56. The predicted octanol–water partition coefficient (Wildman–Crippen LogP) is 3.52. The van der Waals surface area contributed by atoms with E-state index in [0.29, 0.717) is 38.1 Å². The number of halogens is 1. The second-order valence-electron chi connectivity index (χ2n) is 6.71. The number of nitrogens with zero attached hydrogens (tertiary/aromatic N) is 2. The van der Waals surface area contributed by atoms with Gasteiger partial charge in [0.1, 0.15) is 22.7 Å². The predicted molar refractivity (Wildman–Crippen MR) is 125 cm³/mol. The van der Waals surface area contributed by atoms with E-state index in [0.717, 1.165) is 4.57 Å². The van der Waals surface area contributed by atoms with Crippen LogP contribution < -0.4 is 26.0 Å². The Morgan fingerprint density at radius 3 is 2.56 bits per heavy atom. The third-order valence-electron chi connectivity index (χ3n) is 4.82. The highest BCUT2D eigenvalue weighted by Crippen LogP contribution is 2.28. The van der Waals surface area contributed by atoms with Crippen LogP contribution in [0, 0.1) is 0 Å². The van der Waals surface area contributed by atoms with Crippen LogP contribution in [0.15, 0.2) is 63.5 Å². The van der Waals surface area contributed by atoms with E-state index < -0.39 is 17.2 Å². The number of hydrogen-bond donors (Lipinski definition) is 1. The van der Waals surface area contributed by atoms with Gasteiger partial charge in [-0.25, -0.2) is 9.36 Å². The van der Waals surface area contributed by atoms with Gasteiger partial charge in [-0.15, -0.1) is 11.3 Å². The Labute approximate surface area is 191 Å². The van der Waals surface area contributed by atoms with Crippen molar-refractivity contribution in [2.24, 2.45) is 0 Å². The number of anilines is 1. The molecule has 2 heterocycles. The van der Waals surface area contributed by atoms with E-state index in [1.165, 1.54) is 30.1 Å². The smallest absolute Gasteiger partial charge is 0.336 e. The van der Waals surface area contributed by atoms with Crippen LogP contribution in [0.5, 0.6) is 11.5 Å². The third kappa shape index (κ3) is 3.88. The number of aromatic nitrogens is 2. The van der Waals surface area contributed by atoms with Crippen LogP contribution in [0.4, 0.5) is 5.69 Å². The highest BCUT2D eigenvalue weighted by Gasteiger charge is 2.20. The number of carbonyl (C=O) groups excluding carboxylic acids is 1. The number of hydrogen-bond acceptors (Lipinski definition) is 6. The van der Waals surface area contributed by atoms with Gasteiger partial charge >= 0.3 is 5.69 Å². The molecule has 0 fully saturated rings. The highest BCUT2D eigenvalue weighted by molar-refractivity contribution is 7.17. The SMILES string of the molecule is COc1ccc(Cl)cc1NC(=O)Cn1c(=O)n(-c2ccccc2OC)c(=O)c2sccc21. The monoisotopic (exact) mass is 471 g/mol. The molecule has 10 heteroatoms. The number of ether oxygens (including phenoxy) is 2. The highest BCUT2D eigenvalue weighted by atomic mass is 35.5. The number of thiophene rings is 1. The van der Waals surface area contributed by atoms with Crippen LogP contribution in [0.1, 0.15) is 0 Å². The fourth-order valence-corrected chi connectivity index (χ4v) is 4.37.